The van der Waals surface area contributed by atoms with Gasteiger partial charge < -0.3 is 10.6 Å². The summed E-state index contributed by atoms with van der Waals surface area (Å²) in [4.78, 5) is 36.9. The summed E-state index contributed by atoms with van der Waals surface area (Å²) >= 11 is 1.27. The van der Waals surface area contributed by atoms with E-state index in [9.17, 15) is 19.7 Å². The van der Waals surface area contributed by atoms with E-state index >= 15 is 0 Å². The van der Waals surface area contributed by atoms with Crippen LogP contribution in [0.25, 0.3) is 0 Å². The third kappa shape index (κ3) is 3.85. The zero-order valence-electron chi connectivity index (χ0n) is 13.8. The van der Waals surface area contributed by atoms with E-state index in [0.29, 0.717) is 13.0 Å². The number of thioether (sulfide) groups is 1. The Hall–Kier alpha value is -2.87. The van der Waals surface area contributed by atoms with Gasteiger partial charge in [0.05, 0.1) is 10.7 Å². The fourth-order valence-corrected chi connectivity index (χ4v) is 3.72. The molecule has 1 heterocycles. The molecule has 0 radical (unpaired) electrons. The summed E-state index contributed by atoms with van der Waals surface area (Å²) in [6.45, 7) is 0.351. The Kier molecular flexibility index (Phi) is 5.22. The van der Waals surface area contributed by atoms with Crippen molar-refractivity contribution >= 4 is 29.3 Å². The number of nitro groups is 1. The minimum absolute atomic E-state index is 0.00195. The number of non-ortho nitro benzene ring substituents is 1. The molecule has 0 aliphatic carbocycles. The molecular formula is C18H17N3O4S. The topological polar surface area (TPSA) is 107 Å². The van der Waals surface area contributed by atoms with Crippen LogP contribution in [0.4, 0.5) is 5.69 Å². The number of carbonyl (C=O) groups is 2. The van der Waals surface area contributed by atoms with Crippen molar-refractivity contribution in [1.82, 2.24) is 4.90 Å². The first-order chi connectivity index (χ1) is 12.5. The maximum absolute atomic E-state index is 12.7. The molecule has 2 aromatic rings. The Morgan fingerprint density at radius 2 is 1.81 bits per heavy atom. The van der Waals surface area contributed by atoms with Crippen LogP contribution in [-0.2, 0) is 22.6 Å². The van der Waals surface area contributed by atoms with Crippen LogP contribution in [0, 0.1) is 10.1 Å². The summed E-state index contributed by atoms with van der Waals surface area (Å²) in [5.74, 6) is -0.580. The molecule has 0 aromatic heterocycles. The summed E-state index contributed by atoms with van der Waals surface area (Å²) in [6.07, 6.45) is 0.416. The van der Waals surface area contributed by atoms with Gasteiger partial charge in [-0.3, -0.25) is 19.7 Å². The van der Waals surface area contributed by atoms with Gasteiger partial charge in [0.1, 0.15) is 6.04 Å². The van der Waals surface area contributed by atoms with E-state index in [1.807, 2.05) is 24.3 Å². The minimum atomic E-state index is -0.658. The fraction of sp³-hybridized carbons (Fsp3) is 0.222. The smallest absolute Gasteiger partial charge is 0.269 e. The molecule has 0 fully saturated rings. The summed E-state index contributed by atoms with van der Waals surface area (Å²) in [6, 6.07) is 13.0. The predicted octanol–water partition coefficient (Wildman–Crippen LogP) is 2.13. The number of fused-ring (bicyclic) bond motifs is 1. The summed E-state index contributed by atoms with van der Waals surface area (Å²) in [5.41, 5.74) is 7.55. The number of rotatable bonds is 5. The highest BCUT2D eigenvalue weighted by molar-refractivity contribution is 8.00. The molecule has 0 bridgehead atoms. The van der Waals surface area contributed by atoms with Gasteiger partial charge in [-0.2, -0.15) is 0 Å². The molecule has 2 N–H and O–H groups in total. The number of nitrogens with two attached hydrogens (primary N) is 1. The van der Waals surface area contributed by atoms with E-state index in [0.717, 1.165) is 16.0 Å². The first-order valence-electron chi connectivity index (χ1n) is 7.98. The number of nitro benzene ring substituents is 1. The van der Waals surface area contributed by atoms with Gasteiger partial charge in [-0.05, 0) is 23.3 Å². The van der Waals surface area contributed by atoms with Crippen LogP contribution >= 0.6 is 11.8 Å². The van der Waals surface area contributed by atoms with Crippen LogP contribution in [0.3, 0.4) is 0 Å². The molecule has 26 heavy (non-hydrogen) atoms. The lowest BCUT2D eigenvalue weighted by molar-refractivity contribution is -0.384. The van der Waals surface area contributed by atoms with Crippen LogP contribution < -0.4 is 5.73 Å². The van der Waals surface area contributed by atoms with Crippen molar-refractivity contribution in [2.45, 2.75) is 23.9 Å². The predicted molar refractivity (Wildman–Crippen MR) is 97.5 cm³/mol. The number of primary amides is 1. The van der Waals surface area contributed by atoms with Crippen molar-refractivity contribution < 1.29 is 14.5 Å². The highest BCUT2D eigenvalue weighted by atomic mass is 32.2. The maximum atomic E-state index is 12.7. The molecule has 2 amide bonds. The molecular weight excluding hydrogens is 354 g/mol. The van der Waals surface area contributed by atoms with E-state index < -0.39 is 16.9 Å². The normalized spacial score (nSPS) is 16.0. The van der Waals surface area contributed by atoms with Gasteiger partial charge in [0.15, 0.2) is 0 Å². The average Bonchev–Trinajstić information content (AvgIpc) is 2.65. The van der Waals surface area contributed by atoms with Gasteiger partial charge in [0.2, 0.25) is 11.8 Å². The Balaban J connectivity index is 1.69. The molecule has 1 aliphatic rings. The fourth-order valence-electron chi connectivity index (χ4n) is 2.93. The van der Waals surface area contributed by atoms with Crippen LogP contribution in [0.1, 0.15) is 11.1 Å². The first kappa shape index (κ1) is 17.9. The first-order valence-corrected chi connectivity index (χ1v) is 8.97. The van der Waals surface area contributed by atoms with Crippen LogP contribution in [0.15, 0.2) is 53.4 Å². The zero-order chi connectivity index (χ0) is 18.7. The molecule has 1 aliphatic heterocycles. The number of amides is 2. The molecule has 3 rings (SSSR count). The summed E-state index contributed by atoms with van der Waals surface area (Å²) in [7, 11) is 0. The molecule has 134 valence electrons. The van der Waals surface area contributed by atoms with Crippen molar-refractivity contribution in [2.24, 2.45) is 5.73 Å². The molecule has 1 atom stereocenters. The lowest BCUT2D eigenvalue weighted by Gasteiger charge is -2.35. The Bertz CT molecular complexity index is 854. The Morgan fingerprint density at radius 1 is 1.15 bits per heavy atom. The van der Waals surface area contributed by atoms with Gasteiger partial charge >= 0.3 is 0 Å². The Morgan fingerprint density at radius 3 is 2.42 bits per heavy atom. The van der Waals surface area contributed by atoms with Crippen LogP contribution in [-0.4, -0.2) is 33.4 Å². The third-order valence-electron chi connectivity index (χ3n) is 4.31. The molecule has 0 spiro atoms. The molecule has 7 nitrogen and oxygen atoms in total. The monoisotopic (exact) mass is 371 g/mol. The van der Waals surface area contributed by atoms with Crippen LogP contribution in [0.2, 0.25) is 0 Å². The number of hydrogen-bond donors (Lipinski definition) is 1. The van der Waals surface area contributed by atoms with E-state index in [1.165, 1.54) is 28.8 Å². The second-order valence-corrected chi connectivity index (χ2v) is 7.00. The van der Waals surface area contributed by atoms with Crippen molar-refractivity contribution in [3.05, 3.63) is 69.8 Å². The van der Waals surface area contributed by atoms with Gasteiger partial charge in [-0.25, -0.2) is 0 Å². The lowest BCUT2D eigenvalue weighted by Crippen LogP contribution is -2.51. The van der Waals surface area contributed by atoms with E-state index in [-0.39, 0.29) is 17.3 Å². The third-order valence-corrected chi connectivity index (χ3v) is 5.30. The van der Waals surface area contributed by atoms with E-state index in [1.54, 1.807) is 12.1 Å². The molecule has 0 saturated heterocycles. The quantitative estimate of drug-likeness (QED) is 0.492. The summed E-state index contributed by atoms with van der Waals surface area (Å²) < 4.78 is 0. The molecule has 2 aromatic carbocycles. The number of carbonyl (C=O) groups excluding carboxylic acids is 2. The highest BCUT2D eigenvalue weighted by Crippen LogP contribution is 2.26. The van der Waals surface area contributed by atoms with Gasteiger partial charge in [-0.15, -0.1) is 11.8 Å². The van der Waals surface area contributed by atoms with Crippen molar-refractivity contribution in [2.75, 3.05) is 5.75 Å². The zero-order valence-corrected chi connectivity index (χ0v) is 14.6. The SMILES string of the molecule is NC(=O)[C@@H]1Cc2ccccc2CN1C(=O)CSc1ccc([N+](=O)[O-])cc1. The maximum Gasteiger partial charge on any atom is 0.269 e. The van der Waals surface area contributed by atoms with Gasteiger partial charge in [0, 0.05) is 30.0 Å². The standard InChI is InChI=1S/C18H17N3O4S/c19-18(23)16-9-12-3-1-2-4-13(12)10-20(16)17(22)11-26-15-7-5-14(6-8-15)21(24)25/h1-8,16H,9-11H2,(H2,19,23)/t16-/m0/s1. The van der Waals surface area contributed by atoms with E-state index in [4.69, 9.17) is 5.73 Å². The van der Waals surface area contributed by atoms with Crippen molar-refractivity contribution in [1.29, 1.82) is 0 Å². The van der Waals surface area contributed by atoms with Crippen LogP contribution in [0.5, 0.6) is 0 Å². The van der Waals surface area contributed by atoms with E-state index in [2.05, 4.69) is 0 Å². The number of hydrogen-bond acceptors (Lipinski definition) is 5. The largest absolute Gasteiger partial charge is 0.368 e. The minimum Gasteiger partial charge on any atom is -0.368 e. The second kappa shape index (κ2) is 7.57. The van der Waals surface area contributed by atoms with Gasteiger partial charge in [0.25, 0.3) is 5.69 Å². The highest BCUT2D eigenvalue weighted by Gasteiger charge is 2.33. The summed E-state index contributed by atoms with van der Waals surface area (Å²) in [5, 5.41) is 10.7. The van der Waals surface area contributed by atoms with Crippen molar-refractivity contribution in [3.63, 3.8) is 0 Å². The lowest BCUT2D eigenvalue weighted by atomic mass is 9.93. The average molecular weight is 371 g/mol. The number of benzene rings is 2. The second-order valence-electron chi connectivity index (χ2n) is 5.95. The number of nitrogens with zero attached hydrogens (tertiary/aromatic N) is 2. The Labute approximate surface area is 154 Å². The molecule has 8 heteroatoms. The molecule has 0 unspecified atom stereocenters. The van der Waals surface area contributed by atoms with Gasteiger partial charge in [-0.1, -0.05) is 24.3 Å². The van der Waals surface area contributed by atoms with Crippen molar-refractivity contribution in [3.8, 4) is 0 Å². The molecule has 0 saturated carbocycles.